The van der Waals surface area contributed by atoms with Crippen LogP contribution in [0.15, 0.2) is 6.07 Å². The lowest BCUT2D eigenvalue weighted by molar-refractivity contribution is 0.116. The molecule has 2 unspecified atom stereocenters. The second-order valence-electron chi connectivity index (χ2n) is 6.43. The van der Waals surface area contributed by atoms with Crippen molar-refractivity contribution < 1.29 is 4.74 Å². The number of aromatic nitrogens is 2. The predicted octanol–water partition coefficient (Wildman–Crippen LogP) is 4.13. The van der Waals surface area contributed by atoms with Crippen molar-refractivity contribution in [2.45, 2.75) is 70.8 Å². The fraction of sp³-hybridized carbons (Fsp3) is 0.765. The van der Waals surface area contributed by atoms with Gasteiger partial charge in [-0.05, 0) is 44.9 Å². The van der Waals surface area contributed by atoms with Crippen LogP contribution in [0.1, 0.15) is 70.5 Å². The maximum absolute atomic E-state index is 6.20. The predicted molar refractivity (Wildman–Crippen MR) is 84.8 cm³/mol. The molecule has 2 atom stereocenters. The highest BCUT2D eigenvalue weighted by molar-refractivity contribution is 5.39. The van der Waals surface area contributed by atoms with Gasteiger partial charge in [-0.2, -0.15) is 4.98 Å². The Labute approximate surface area is 127 Å². The molecule has 2 aliphatic carbocycles. The van der Waals surface area contributed by atoms with Crippen LogP contribution in [0.3, 0.4) is 0 Å². The molecular weight excluding hydrogens is 262 g/mol. The lowest BCUT2D eigenvalue weighted by Gasteiger charge is -2.28. The van der Waals surface area contributed by atoms with Crippen molar-refractivity contribution in [2.24, 2.45) is 5.92 Å². The van der Waals surface area contributed by atoms with Crippen molar-refractivity contribution in [3.8, 4) is 5.88 Å². The number of nitrogens with zero attached hydrogens (tertiary/aromatic N) is 2. The van der Waals surface area contributed by atoms with Crippen LogP contribution in [0.25, 0.3) is 0 Å². The Morgan fingerprint density at radius 3 is 2.76 bits per heavy atom. The largest absolute Gasteiger partial charge is 0.474 e. The van der Waals surface area contributed by atoms with Gasteiger partial charge in [0.05, 0.1) is 0 Å². The Morgan fingerprint density at radius 1 is 1.19 bits per heavy atom. The summed E-state index contributed by atoms with van der Waals surface area (Å²) >= 11 is 0. The molecule has 21 heavy (non-hydrogen) atoms. The molecule has 116 valence electrons. The van der Waals surface area contributed by atoms with E-state index in [0.29, 0.717) is 12.0 Å². The molecule has 0 bridgehead atoms. The Morgan fingerprint density at radius 2 is 2.05 bits per heavy atom. The molecule has 2 fully saturated rings. The normalized spacial score (nSPS) is 25.6. The average molecular weight is 289 g/mol. The fourth-order valence-corrected chi connectivity index (χ4v) is 3.19. The van der Waals surface area contributed by atoms with Gasteiger partial charge in [0.1, 0.15) is 17.7 Å². The highest BCUT2D eigenvalue weighted by atomic mass is 16.5. The molecule has 1 N–H and O–H groups in total. The van der Waals surface area contributed by atoms with Crippen LogP contribution in [0.2, 0.25) is 0 Å². The molecule has 1 aromatic rings. The Hall–Kier alpha value is -1.32. The summed E-state index contributed by atoms with van der Waals surface area (Å²) in [6.45, 7) is 5.25. The van der Waals surface area contributed by atoms with Crippen LogP contribution in [0.4, 0.5) is 5.82 Å². The minimum atomic E-state index is 0.333. The van der Waals surface area contributed by atoms with E-state index in [0.717, 1.165) is 36.4 Å². The smallest absolute Gasteiger partial charge is 0.219 e. The van der Waals surface area contributed by atoms with E-state index in [1.807, 2.05) is 6.07 Å². The molecule has 0 radical (unpaired) electrons. The van der Waals surface area contributed by atoms with Crippen LogP contribution < -0.4 is 10.1 Å². The average Bonchev–Trinajstić information content (AvgIpc) is 3.32. The summed E-state index contributed by atoms with van der Waals surface area (Å²) in [5.74, 6) is 4.02. The number of hydrogen-bond acceptors (Lipinski definition) is 4. The van der Waals surface area contributed by atoms with E-state index in [9.17, 15) is 0 Å². The standard InChI is InChI=1S/C17H27N3O/c1-3-12-6-5-7-14(10-12)21-16-11-15(18-4-2)19-17(20-16)13-8-9-13/h11-14H,3-10H2,1-2H3,(H,18,19,20). The molecule has 0 spiro atoms. The number of ether oxygens (including phenoxy) is 1. The third-order valence-electron chi connectivity index (χ3n) is 4.62. The number of nitrogens with one attached hydrogen (secondary N) is 1. The van der Waals surface area contributed by atoms with E-state index < -0.39 is 0 Å². The maximum atomic E-state index is 6.20. The number of anilines is 1. The zero-order valence-corrected chi connectivity index (χ0v) is 13.3. The minimum absolute atomic E-state index is 0.333. The molecule has 4 heteroatoms. The van der Waals surface area contributed by atoms with Gasteiger partial charge in [0, 0.05) is 18.5 Å². The van der Waals surface area contributed by atoms with E-state index in [1.54, 1.807) is 0 Å². The van der Waals surface area contributed by atoms with Gasteiger partial charge in [-0.25, -0.2) is 4.98 Å². The van der Waals surface area contributed by atoms with Crippen molar-refractivity contribution in [3.63, 3.8) is 0 Å². The molecule has 2 aliphatic rings. The van der Waals surface area contributed by atoms with Crippen LogP contribution in [-0.2, 0) is 0 Å². The molecule has 0 saturated heterocycles. The van der Waals surface area contributed by atoms with E-state index >= 15 is 0 Å². The molecule has 0 aliphatic heterocycles. The fourth-order valence-electron chi connectivity index (χ4n) is 3.19. The second kappa shape index (κ2) is 6.63. The van der Waals surface area contributed by atoms with Crippen molar-refractivity contribution >= 4 is 5.82 Å². The SMILES string of the molecule is CCNc1cc(OC2CCCC(CC)C2)nc(C2CC2)n1. The summed E-state index contributed by atoms with van der Waals surface area (Å²) in [7, 11) is 0. The van der Waals surface area contributed by atoms with Gasteiger partial charge < -0.3 is 10.1 Å². The molecule has 2 saturated carbocycles. The van der Waals surface area contributed by atoms with E-state index in [1.165, 1.54) is 38.5 Å². The van der Waals surface area contributed by atoms with Crippen LogP contribution in [-0.4, -0.2) is 22.6 Å². The third kappa shape index (κ3) is 3.86. The van der Waals surface area contributed by atoms with Gasteiger partial charge in [0.2, 0.25) is 5.88 Å². The van der Waals surface area contributed by atoms with Gasteiger partial charge in [-0.15, -0.1) is 0 Å². The monoisotopic (exact) mass is 289 g/mol. The van der Waals surface area contributed by atoms with Gasteiger partial charge in [-0.1, -0.05) is 19.8 Å². The van der Waals surface area contributed by atoms with E-state index in [-0.39, 0.29) is 0 Å². The second-order valence-corrected chi connectivity index (χ2v) is 6.43. The van der Waals surface area contributed by atoms with Crippen molar-refractivity contribution in [3.05, 3.63) is 11.9 Å². The summed E-state index contributed by atoms with van der Waals surface area (Å²) in [4.78, 5) is 9.26. The van der Waals surface area contributed by atoms with Gasteiger partial charge >= 0.3 is 0 Å². The minimum Gasteiger partial charge on any atom is -0.474 e. The van der Waals surface area contributed by atoms with Crippen LogP contribution >= 0.6 is 0 Å². The topological polar surface area (TPSA) is 47.0 Å². The molecule has 4 nitrogen and oxygen atoms in total. The zero-order valence-electron chi connectivity index (χ0n) is 13.3. The van der Waals surface area contributed by atoms with E-state index in [2.05, 4.69) is 29.1 Å². The third-order valence-corrected chi connectivity index (χ3v) is 4.62. The first-order chi connectivity index (χ1) is 10.3. The van der Waals surface area contributed by atoms with Gasteiger partial charge in [-0.3, -0.25) is 0 Å². The Bertz CT molecular complexity index is 473. The summed E-state index contributed by atoms with van der Waals surface area (Å²) in [5, 5.41) is 3.30. The lowest BCUT2D eigenvalue weighted by Crippen LogP contribution is -2.25. The van der Waals surface area contributed by atoms with Crippen molar-refractivity contribution in [2.75, 3.05) is 11.9 Å². The lowest BCUT2D eigenvalue weighted by atomic mass is 9.85. The first-order valence-electron chi connectivity index (χ1n) is 8.58. The first kappa shape index (κ1) is 14.6. The summed E-state index contributed by atoms with van der Waals surface area (Å²) in [5.41, 5.74) is 0. The van der Waals surface area contributed by atoms with E-state index in [4.69, 9.17) is 4.74 Å². The summed E-state index contributed by atoms with van der Waals surface area (Å²) in [6, 6.07) is 1.96. The molecule has 3 rings (SSSR count). The quantitative estimate of drug-likeness (QED) is 0.855. The zero-order chi connectivity index (χ0) is 14.7. The molecule has 1 aromatic heterocycles. The first-order valence-corrected chi connectivity index (χ1v) is 8.58. The van der Waals surface area contributed by atoms with Crippen LogP contribution in [0.5, 0.6) is 5.88 Å². The summed E-state index contributed by atoms with van der Waals surface area (Å²) in [6.07, 6.45) is 9.01. The van der Waals surface area contributed by atoms with Gasteiger partial charge in [0.15, 0.2) is 0 Å². The molecular formula is C17H27N3O. The highest BCUT2D eigenvalue weighted by Crippen LogP contribution is 2.39. The van der Waals surface area contributed by atoms with Crippen molar-refractivity contribution in [1.82, 2.24) is 9.97 Å². The summed E-state index contributed by atoms with van der Waals surface area (Å²) < 4.78 is 6.20. The number of rotatable bonds is 6. The highest BCUT2D eigenvalue weighted by Gasteiger charge is 2.28. The Kier molecular flexibility index (Phi) is 4.61. The van der Waals surface area contributed by atoms with Crippen molar-refractivity contribution in [1.29, 1.82) is 0 Å². The molecule has 1 heterocycles. The number of hydrogen-bond donors (Lipinski definition) is 1. The molecule has 0 aromatic carbocycles. The van der Waals surface area contributed by atoms with Crippen LogP contribution in [0, 0.1) is 5.92 Å². The Balaban J connectivity index is 1.71. The molecule has 0 amide bonds. The van der Waals surface area contributed by atoms with Gasteiger partial charge in [0.25, 0.3) is 0 Å². The maximum Gasteiger partial charge on any atom is 0.219 e.